The molecule has 2 aromatic rings. The Bertz CT molecular complexity index is 816. The number of nitrogens with zero attached hydrogens (tertiary/aromatic N) is 1. The molecule has 0 bridgehead atoms. The normalized spacial score (nSPS) is 13.6. The highest BCUT2D eigenvalue weighted by molar-refractivity contribution is 6.30. The van der Waals surface area contributed by atoms with Crippen LogP contribution in [0.3, 0.4) is 0 Å². The molecule has 1 aliphatic heterocycles. The number of ether oxygens (including phenoxy) is 2. The summed E-state index contributed by atoms with van der Waals surface area (Å²) in [6, 6.07) is 13.4. The number of hydrogen-bond acceptors (Lipinski definition) is 4. The minimum absolute atomic E-state index is 0.441. The van der Waals surface area contributed by atoms with E-state index in [4.69, 9.17) is 21.1 Å². The zero-order valence-electron chi connectivity index (χ0n) is 16.6. The predicted molar refractivity (Wildman–Crippen MR) is 114 cm³/mol. The lowest BCUT2D eigenvalue weighted by Crippen LogP contribution is -2.34. The molecule has 0 aromatic heterocycles. The molecule has 5 nitrogen and oxygen atoms in total. The van der Waals surface area contributed by atoms with Crippen LogP contribution in [0, 0.1) is 0 Å². The molecule has 1 heterocycles. The maximum atomic E-state index is 12.3. The van der Waals surface area contributed by atoms with E-state index in [1.165, 1.54) is 5.56 Å². The molecular formula is C22H27ClN2O3. The summed E-state index contributed by atoms with van der Waals surface area (Å²) in [5.74, 6) is 0.793. The van der Waals surface area contributed by atoms with E-state index in [2.05, 4.69) is 16.3 Å². The monoisotopic (exact) mass is 402 g/mol. The third kappa shape index (κ3) is 5.55. The smallest absolute Gasteiger partial charge is 0.412 e. The van der Waals surface area contributed by atoms with E-state index < -0.39 is 11.7 Å². The van der Waals surface area contributed by atoms with Crippen LogP contribution >= 0.6 is 11.6 Å². The van der Waals surface area contributed by atoms with Crippen LogP contribution < -0.4 is 15.0 Å². The molecule has 0 unspecified atom stereocenters. The van der Waals surface area contributed by atoms with Crippen LogP contribution in [0.2, 0.25) is 5.02 Å². The number of hydrogen-bond donors (Lipinski definition) is 1. The van der Waals surface area contributed by atoms with Crippen LogP contribution in [-0.2, 0) is 11.2 Å². The molecule has 28 heavy (non-hydrogen) atoms. The largest absolute Gasteiger partial charge is 0.492 e. The second kappa shape index (κ2) is 8.74. The first-order chi connectivity index (χ1) is 13.3. The zero-order chi connectivity index (χ0) is 20.1. The van der Waals surface area contributed by atoms with Crippen LogP contribution in [0.5, 0.6) is 5.75 Å². The van der Waals surface area contributed by atoms with E-state index in [1.54, 1.807) is 0 Å². The first-order valence-electron chi connectivity index (χ1n) is 9.57. The molecule has 0 saturated heterocycles. The number of aryl methyl sites for hydroxylation is 1. The Kier molecular flexibility index (Phi) is 6.35. The molecule has 1 aliphatic rings. The molecule has 1 amide bonds. The van der Waals surface area contributed by atoms with Crippen LogP contribution in [-0.4, -0.2) is 31.4 Å². The molecule has 0 radical (unpaired) electrons. The molecule has 0 fully saturated rings. The Morgan fingerprint density at radius 3 is 2.64 bits per heavy atom. The predicted octanol–water partition coefficient (Wildman–Crippen LogP) is 5.52. The highest BCUT2D eigenvalue weighted by Crippen LogP contribution is 2.34. The van der Waals surface area contributed by atoms with Crippen molar-refractivity contribution in [2.75, 3.05) is 29.9 Å². The minimum atomic E-state index is -0.537. The van der Waals surface area contributed by atoms with Gasteiger partial charge in [-0.15, -0.1) is 0 Å². The lowest BCUT2D eigenvalue weighted by Gasteiger charge is -2.33. The maximum Gasteiger partial charge on any atom is 0.412 e. The summed E-state index contributed by atoms with van der Waals surface area (Å²) in [4.78, 5) is 14.5. The minimum Gasteiger partial charge on any atom is -0.492 e. The van der Waals surface area contributed by atoms with Crippen molar-refractivity contribution < 1.29 is 14.3 Å². The Hall–Kier alpha value is -2.40. The van der Waals surface area contributed by atoms with Gasteiger partial charge in [-0.2, -0.15) is 0 Å². The fraction of sp³-hybridized carbons (Fsp3) is 0.409. The third-order valence-electron chi connectivity index (χ3n) is 4.39. The number of halogens is 1. The molecule has 2 aromatic carbocycles. The molecule has 0 spiro atoms. The Morgan fingerprint density at radius 2 is 1.93 bits per heavy atom. The van der Waals surface area contributed by atoms with Gasteiger partial charge in [-0.05, 0) is 69.5 Å². The van der Waals surface area contributed by atoms with Gasteiger partial charge in [0.05, 0.1) is 17.9 Å². The average molecular weight is 403 g/mol. The number of amides is 1. The first-order valence-corrected chi connectivity index (χ1v) is 9.95. The van der Waals surface area contributed by atoms with Crippen molar-refractivity contribution in [3.8, 4) is 5.75 Å². The van der Waals surface area contributed by atoms with E-state index >= 15 is 0 Å². The quantitative estimate of drug-likeness (QED) is 0.715. The van der Waals surface area contributed by atoms with Crippen molar-refractivity contribution in [3.05, 3.63) is 53.1 Å². The number of carbonyl (C=O) groups excluding carboxylic acids is 1. The number of rotatable bonds is 5. The SMILES string of the molecule is CC(C)(C)OC(=O)Nc1cccc2c1N(CCOc1ccc(Cl)cc1)CCC2. The van der Waals surface area contributed by atoms with E-state index in [0.29, 0.717) is 11.6 Å². The van der Waals surface area contributed by atoms with Gasteiger partial charge in [0.2, 0.25) is 0 Å². The first kappa shape index (κ1) is 20.3. The molecule has 0 saturated carbocycles. The van der Waals surface area contributed by atoms with E-state index in [9.17, 15) is 4.79 Å². The Balaban J connectivity index is 1.69. The lowest BCUT2D eigenvalue weighted by molar-refractivity contribution is 0.0636. The Morgan fingerprint density at radius 1 is 1.18 bits per heavy atom. The number of carbonyl (C=O) groups is 1. The average Bonchev–Trinajstić information content (AvgIpc) is 2.62. The van der Waals surface area contributed by atoms with Gasteiger partial charge in [-0.25, -0.2) is 4.79 Å². The van der Waals surface area contributed by atoms with Gasteiger partial charge in [-0.3, -0.25) is 5.32 Å². The molecular weight excluding hydrogens is 376 g/mol. The van der Waals surface area contributed by atoms with Gasteiger partial charge < -0.3 is 14.4 Å². The summed E-state index contributed by atoms with van der Waals surface area (Å²) >= 11 is 5.91. The molecule has 3 rings (SSSR count). The van der Waals surface area contributed by atoms with Gasteiger partial charge in [-0.1, -0.05) is 23.7 Å². The summed E-state index contributed by atoms with van der Waals surface area (Å²) in [5.41, 5.74) is 2.52. The zero-order valence-corrected chi connectivity index (χ0v) is 17.4. The van der Waals surface area contributed by atoms with Crippen molar-refractivity contribution in [1.82, 2.24) is 0 Å². The molecule has 0 atom stereocenters. The molecule has 150 valence electrons. The second-order valence-corrected chi connectivity index (χ2v) is 8.27. The van der Waals surface area contributed by atoms with Gasteiger partial charge >= 0.3 is 6.09 Å². The fourth-order valence-electron chi connectivity index (χ4n) is 3.28. The molecule has 1 N–H and O–H groups in total. The topological polar surface area (TPSA) is 50.8 Å². The van der Waals surface area contributed by atoms with Gasteiger partial charge in [0.25, 0.3) is 0 Å². The van der Waals surface area contributed by atoms with Crippen molar-refractivity contribution >= 4 is 29.1 Å². The maximum absolute atomic E-state index is 12.3. The summed E-state index contributed by atoms with van der Waals surface area (Å²) in [6.07, 6.45) is 1.63. The molecule has 0 aliphatic carbocycles. The number of anilines is 2. The van der Waals surface area contributed by atoms with E-state index in [0.717, 1.165) is 43.1 Å². The summed E-state index contributed by atoms with van der Waals surface area (Å²) < 4.78 is 11.3. The number of para-hydroxylation sites is 1. The fourth-order valence-corrected chi connectivity index (χ4v) is 3.41. The van der Waals surface area contributed by atoms with Crippen LogP contribution in [0.4, 0.5) is 16.2 Å². The summed E-state index contributed by atoms with van der Waals surface area (Å²) in [5, 5.41) is 3.60. The number of fused-ring (bicyclic) bond motifs is 1. The molecule has 6 heteroatoms. The standard InChI is InChI=1S/C22H27ClN2O3/c1-22(2,3)28-21(26)24-19-8-4-6-16-7-5-13-25(20(16)19)14-15-27-18-11-9-17(23)10-12-18/h4,6,8-12H,5,7,13-15H2,1-3H3,(H,24,26). The van der Waals surface area contributed by atoms with E-state index in [-0.39, 0.29) is 0 Å². The van der Waals surface area contributed by atoms with Crippen molar-refractivity contribution in [1.29, 1.82) is 0 Å². The summed E-state index contributed by atoms with van der Waals surface area (Å²) in [7, 11) is 0. The van der Waals surface area contributed by atoms with Gasteiger partial charge in [0.15, 0.2) is 0 Å². The Labute approximate surface area is 171 Å². The van der Waals surface area contributed by atoms with Crippen LogP contribution in [0.1, 0.15) is 32.8 Å². The summed E-state index contributed by atoms with van der Waals surface area (Å²) in [6.45, 7) is 7.75. The van der Waals surface area contributed by atoms with E-state index in [1.807, 2.05) is 57.2 Å². The number of benzene rings is 2. The lowest BCUT2D eigenvalue weighted by atomic mass is 10.0. The van der Waals surface area contributed by atoms with Crippen molar-refractivity contribution in [3.63, 3.8) is 0 Å². The van der Waals surface area contributed by atoms with Crippen molar-refractivity contribution in [2.45, 2.75) is 39.2 Å². The highest BCUT2D eigenvalue weighted by atomic mass is 35.5. The second-order valence-electron chi connectivity index (χ2n) is 7.83. The van der Waals surface area contributed by atoms with Gasteiger partial charge in [0, 0.05) is 11.6 Å². The van der Waals surface area contributed by atoms with Crippen LogP contribution in [0.15, 0.2) is 42.5 Å². The highest BCUT2D eigenvalue weighted by Gasteiger charge is 2.23. The van der Waals surface area contributed by atoms with Gasteiger partial charge in [0.1, 0.15) is 18.0 Å². The van der Waals surface area contributed by atoms with Crippen LogP contribution in [0.25, 0.3) is 0 Å². The number of nitrogens with one attached hydrogen (secondary N) is 1. The van der Waals surface area contributed by atoms with Crippen molar-refractivity contribution in [2.24, 2.45) is 0 Å². The third-order valence-corrected chi connectivity index (χ3v) is 4.64.